The van der Waals surface area contributed by atoms with Crippen LogP contribution in [-0.2, 0) is 11.3 Å². The van der Waals surface area contributed by atoms with Crippen LogP contribution in [0.2, 0.25) is 0 Å². The zero-order valence-corrected chi connectivity index (χ0v) is 16.8. The van der Waals surface area contributed by atoms with E-state index in [0.29, 0.717) is 29.3 Å². The van der Waals surface area contributed by atoms with E-state index in [9.17, 15) is 9.90 Å². The minimum Gasteiger partial charge on any atom is -0.493 e. The number of aromatic nitrogens is 2. The molecule has 5 rings (SSSR count). The molecule has 2 aromatic carbocycles. The van der Waals surface area contributed by atoms with Crippen molar-refractivity contribution in [3.63, 3.8) is 0 Å². The summed E-state index contributed by atoms with van der Waals surface area (Å²) in [4.78, 5) is 16.8. The molecule has 1 N–H and O–H groups in total. The Morgan fingerprint density at radius 2 is 1.80 bits per heavy atom. The highest BCUT2D eigenvalue weighted by Gasteiger charge is 2.30. The molecule has 7 nitrogen and oxygen atoms in total. The summed E-state index contributed by atoms with van der Waals surface area (Å²) in [5.41, 5.74) is 3.91. The van der Waals surface area contributed by atoms with Crippen LogP contribution >= 0.6 is 0 Å². The Labute approximate surface area is 172 Å². The first-order chi connectivity index (χ1) is 14.6. The third-order valence-corrected chi connectivity index (χ3v) is 5.70. The molecule has 1 unspecified atom stereocenters. The number of methoxy groups -OCH3 is 3. The van der Waals surface area contributed by atoms with Crippen LogP contribution in [0.3, 0.4) is 0 Å². The molecule has 0 fully saturated rings. The maximum Gasteiger partial charge on any atom is 0.356 e. The average Bonchev–Trinajstić information content (AvgIpc) is 3.04. The molecular weight excluding hydrogens is 384 g/mol. The molecule has 7 heteroatoms. The summed E-state index contributed by atoms with van der Waals surface area (Å²) < 4.78 is 17.9. The first-order valence-electron chi connectivity index (χ1n) is 9.50. The highest BCUT2D eigenvalue weighted by Crippen LogP contribution is 2.42. The molecule has 1 aliphatic heterocycles. The maximum atomic E-state index is 12.3. The summed E-state index contributed by atoms with van der Waals surface area (Å²) in [5, 5.41) is 13.2. The number of aliphatic hydroxyl groups is 1. The van der Waals surface area contributed by atoms with Gasteiger partial charge in [0.15, 0.2) is 11.5 Å². The summed E-state index contributed by atoms with van der Waals surface area (Å²) in [7, 11) is 4.45. The van der Waals surface area contributed by atoms with E-state index >= 15 is 0 Å². The summed E-state index contributed by atoms with van der Waals surface area (Å²) in [6.07, 6.45) is -1.04. The second-order valence-corrected chi connectivity index (χ2v) is 7.19. The van der Waals surface area contributed by atoms with Crippen LogP contribution < -0.4 is 9.47 Å². The van der Waals surface area contributed by atoms with Gasteiger partial charge >= 0.3 is 5.97 Å². The number of hydrogen-bond donors (Lipinski definition) is 1. The molecule has 4 aromatic rings. The number of pyridine rings is 1. The van der Waals surface area contributed by atoms with Gasteiger partial charge in [-0.3, -0.25) is 0 Å². The average molecular weight is 404 g/mol. The third kappa shape index (κ3) is 2.48. The lowest BCUT2D eigenvalue weighted by Crippen LogP contribution is -2.10. The van der Waals surface area contributed by atoms with Crippen molar-refractivity contribution in [3.8, 4) is 11.5 Å². The number of para-hydroxylation sites is 1. The summed E-state index contributed by atoms with van der Waals surface area (Å²) in [5.74, 6) is 0.561. The van der Waals surface area contributed by atoms with Gasteiger partial charge in [0.25, 0.3) is 0 Å². The molecule has 2 aromatic heterocycles. The van der Waals surface area contributed by atoms with Crippen LogP contribution in [0.15, 0.2) is 42.5 Å². The first-order valence-corrected chi connectivity index (χ1v) is 9.50. The Morgan fingerprint density at radius 3 is 2.53 bits per heavy atom. The Morgan fingerprint density at radius 1 is 1.07 bits per heavy atom. The van der Waals surface area contributed by atoms with Gasteiger partial charge in [0.05, 0.1) is 32.5 Å². The molecule has 30 heavy (non-hydrogen) atoms. The van der Waals surface area contributed by atoms with Crippen LogP contribution in [0.4, 0.5) is 0 Å². The van der Waals surface area contributed by atoms with E-state index in [2.05, 4.69) is 9.55 Å². The number of carbonyl (C=O) groups excluding carboxylic acids is 1. The quantitative estimate of drug-likeness (QED) is 0.527. The fraction of sp³-hybridized carbons (Fsp3) is 0.217. The van der Waals surface area contributed by atoms with Gasteiger partial charge in [-0.2, -0.15) is 0 Å². The highest BCUT2D eigenvalue weighted by atomic mass is 16.5. The molecule has 0 amide bonds. The number of fused-ring (bicyclic) bond motifs is 4. The predicted octanol–water partition coefficient (Wildman–Crippen LogP) is 3.44. The fourth-order valence-electron chi connectivity index (χ4n) is 4.31. The number of benzene rings is 2. The Hall–Kier alpha value is -3.58. The lowest BCUT2D eigenvalue weighted by atomic mass is 9.98. The number of ether oxygens (including phenoxy) is 3. The van der Waals surface area contributed by atoms with E-state index in [4.69, 9.17) is 14.2 Å². The van der Waals surface area contributed by atoms with Gasteiger partial charge in [0, 0.05) is 22.8 Å². The van der Waals surface area contributed by atoms with Crippen molar-refractivity contribution in [2.24, 2.45) is 0 Å². The van der Waals surface area contributed by atoms with E-state index in [1.54, 1.807) is 26.4 Å². The minimum absolute atomic E-state index is 0.158. The van der Waals surface area contributed by atoms with Crippen molar-refractivity contribution >= 4 is 27.8 Å². The Balaban J connectivity index is 1.90. The van der Waals surface area contributed by atoms with E-state index in [0.717, 1.165) is 27.4 Å². The number of aliphatic hydroxyl groups excluding tert-OH is 1. The lowest BCUT2D eigenvalue weighted by Gasteiger charge is -2.17. The van der Waals surface area contributed by atoms with Crippen LogP contribution in [0.1, 0.15) is 33.4 Å². The zero-order chi connectivity index (χ0) is 21.0. The largest absolute Gasteiger partial charge is 0.493 e. The molecule has 0 bridgehead atoms. The first kappa shape index (κ1) is 18.4. The molecular formula is C23H20N2O5. The molecule has 152 valence electrons. The molecule has 3 heterocycles. The van der Waals surface area contributed by atoms with Gasteiger partial charge in [0.1, 0.15) is 11.8 Å². The van der Waals surface area contributed by atoms with Gasteiger partial charge in [0.2, 0.25) is 0 Å². The number of rotatable bonds is 3. The van der Waals surface area contributed by atoms with Gasteiger partial charge in [-0.25, -0.2) is 9.78 Å². The highest BCUT2D eigenvalue weighted by molar-refractivity contribution is 6.10. The molecule has 0 spiro atoms. The number of carbonyl (C=O) groups is 1. The maximum absolute atomic E-state index is 12.3. The van der Waals surface area contributed by atoms with E-state index in [-0.39, 0.29) is 5.69 Å². The van der Waals surface area contributed by atoms with Crippen molar-refractivity contribution in [3.05, 3.63) is 65.0 Å². The van der Waals surface area contributed by atoms with E-state index < -0.39 is 12.1 Å². The molecule has 0 aliphatic carbocycles. The van der Waals surface area contributed by atoms with Crippen molar-refractivity contribution in [1.29, 1.82) is 0 Å². The third-order valence-electron chi connectivity index (χ3n) is 5.70. The smallest absolute Gasteiger partial charge is 0.356 e. The summed E-state index contributed by atoms with van der Waals surface area (Å²) >= 11 is 0. The minimum atomic E-state index is -1.04. The topological polar surface area (TPSA) is 82.8 Å². The standard InChI is InChI=1S/C23H20N2O5/c1-28-18-8-12-11-25-17-7-5-4-6-13(17)15-9-16(23(27)30-3)24-20(21(15)25)22(26)14(12)10-19(18)29-2/h4-10,22,26H,11H2,1-3H3. The predicted molar refractivity (Wildman–Crippen MR) is 111 cm³/mol. The van der Waals surface area contributed by atoms with Crippen molar-refractivity contribution in [2.75, 3.05) is 21.3 Å². The fourth-order valence-corrected chi connectivity index (χ4v) is 4.31. The number of hydrogen-bond acceptors (Lipinski definition) is 6. The SMILES string of the molecule is COC(=O)c1cc2c3ccccc3n3c2c(n1)C(O)c1cc(OC)c(OC)cc1C3. The van der Waals surface area contributed by atoms with Gasteiger partial charge in [-0.15, -0.1) is 0 Å². The molecule has 0 saturated heterocycles. The number of esters is 1. The summed E-state index contributed by atoms with van der Waals surface area (Å²) in [6, 6.07) is 13.3. The van der Waals surface area contributed by atoms with Crippen molar-refractivity contribution < 1.29 is 24.1 Å². The molecule has 1 atom stereocenters. The van der Waals surface area contributed by atoms with Gasteiger partial charge in [-0.05, 0) is 35.4 Å². The van der Waals surface area contributed by atoms with Crippen LogP contribution in [0.5, 0.6) is 11.5 Å². The molecule has 1 aliphatic rings. The van der Waals surface area contributed by atoms with Crippen molar-refractivity contribution in [1.82, 2.24) is 9.55 Å². The van der Waals surface area contributed by atoms with Crippen LogP contribution in [0, 0.1) is 0 Å². The lowest BCUT2D eigenvalue weighted by molar-refractivity contribution is 0.0593. The van der Waals surface area contributed by atoms with Gasteiger partial charge in [-0.1, -0.05) is 18.2 Å². The van der Waals surface area contributed by atoms with Crippen LogP contribution in [0.25, 0.3) is 21.8 Å². The van der Waals surface area contributed by atoms with E-state index in [1.807, 2.05) is 30.3 Å². The molecule has 0 saturated carbocycles. The van der Waals surface area contributed by atoms with E-state index in [1.165, 1.54) is 7.11 Å². The monoisotopic (exact) mass is 404 g/mol. The number of nitrogens with zero attached hydrogens (tertiary/aromatic N) is 2. The van der Waals surface area contributed by atoms with Crippen LogP contribution in [-0.4, -0.2) is 42.0 Å². The Bertz CT molecular complexity index is 1320. The summed E-state index contributed by atoms with van der Waals surface area (Å²) in [6.45, 7) is 0.517. The second kappa shape index (κ2) is 6.74. The molecule has 0 radical (unpaired) electrons. The van der Waals surface area contributed by atoms with Crippen molar-refractivity contribution in [2.45, 2.75) is 12.6 Å². The second-order valence-electron chi connectivity index (χ2n) is 7.19. The van der Waals surface area contributed by atoms with Gasteiger partial charge < -0.3 is 23.9 Å². The zero-order valence-electron chi connectivity index (χ0n) is 16.8. The normalized spacial score (nSPS) is 15.0. The Kier molecular flexibility index (Phi) is 4.15.